The predicted molar refractivity (Wildman–Crippen MR) is 87.5 cm³/mol. The lowest BCUT2D eigenvalue weighted by Gasteiger charge is -2.22. The fraction of sp³-hybridized carbons (Fsp3) is 0.222. The van der Waals surface area contributed by atoms with Crippen molar-refractivity contribution in [2.45, 2.75) is 19.9 Å². The molecule has 0 aliphatic carbocycles. The number of hydrogen-bond donors (Lipinski definition) is 2. The van der Waals surface area contributed by atoms with Crippen molar-refractivity contribution in [2.75, 3.05) is 5.32 Å². The third-order valence-corrected chi connectivity index (χ3v) is 3.47. The van der Waals surface area contributed by atoms with Gasteiger partial charge < -0.3 is 10.6 Å². The first-order valence-corrected chi connectivity index (χ1v) is 7.51. The van der Waals surface area contributed by atoms with E-state index in [1.807, 2.05) is 0 Å². The molecular weight excluding hydrogens is 314 g/mol. The van der Waals surface area contributed by atoms with Crippen molar-refractivity contribution in [1.29, 1.82) is 0 Å². The molecule has 2 aromatic rings. The van der Waals surface area contributed by atoms with Crippen LogP contribution in [-0.4, -0.2) is 17.9 Å². The van der Waals surface area contributed by atoms with Gasteiger partial charge in [0.2, 0.25) is 5.91 Å². The van der Waals surface area contributed by atoms with Crippen LogP contribution in [0.2, 0.25) is 0 Å². The summed E-state index contributed by atoms with van der Waals surface area (Å²) in [6.45, 7) is 3.46. The molecule has 0 aromatic heterocycles. The summed E-state index contributed by atoms with van der Waals surface area (Å²) in [4.78, 5) is 24.6. The predicted octanol–water partition coefficient (Wildman–Crippen LogP) is 3.36. The van der Waals surface area contributed by atoms with Crippen LogP contribution in [0.25, 0.3) is 0 Å². The first-order valence-electron chi connectivity index (χ1n) is 7.51. The molecule has 2 N–H and O–H groups in total. The molecule has 0 spiro atoms. The van der Waals surface area contributed by atoms with Crippen LogP contribution in [0.1, 0.15) is 24.2 Å². The maximum Gasteiger partial charge on any atom is 0.257 e. The summed E-state index contributed by atoms with van der Waals surface area (Å²) in [5.41, 5.74) is -0.130. The second-order valence-corrected chi connectivity index (χ2v) is 5.65. The van der Waals surface area contributed by atoms with Crippen LogP contribution in [-0.2, 0) is 4.79 Å². The number of anilines is 1. The largest absolute Gasteiger partial charge is 0.340 e. The van der Waals surface area contributed by atoms with Gasteiger partial charge in [-0.05, 0) is 30.2 Å². The molecular formula is C18H18F2N2O2. The molecule has 1 unspecified atom stereocenters. The molecule has 2 aromatic carbocycles. The van der Waals surface area contributed by atoms with Gasteiger partial charge in [-0.15, -0.1) is 0 Å². The summed E-state index contributed by atoms with van der Waals surface area (Å²) in [7, 11) is 0. The molecule has 6 heteroatoms. The fourth-order valence-electron chi connectivity index (χ4n) is 2.20. The van der Waals surface area contributed by atoms with Crippen LogP contribution in [0.4, 0.5) is 14.5 Å². The SMILES string of the molecule is CC(C)C(NC(=O)c1c(F)cccc1F)C(=O)Nc1ccccc1. The number of carbonyl (C=O) groups excluding carboxylic acids is 2. The number of para-hydroxylation sites is 1. The molecule has 24 heavy (non-hydrogen) atoms. The van der Waals surface area contributed by atoms with Gasteiger partial charge in [-0.1, -0.05) is 38.1 Å². The van der Waals surface area contributed by atoms with Crippen LogP contribution >= 0.6 is 0 Å². The van der Waals surface area contributed by atoms with Crippen LogP contribution in [0.15, 0.2) is 48.5 Å². The smallest absolute Gasteiger partial charge is 0.257 e. The zero-order chi connectivity index (χ0) is 17.7. The lowest BCUT2D eigenvalue weighted by molar-refractivity contribution is -0.118. The minimum Gasteiger partial charge on any atom is -0.340 e. The van der Waals surface area contributed by atoms with E-state index in [1.165, 1.54) is 6.07 Å². The van der Waals surface area contributed by atoms with E-state index in [1.54, 1.807) is 44.2 Å². The van der Waals surface area contributed by atoms with Crippen LogP contribution in [0.3, 0.4) is 0 Å². The maximum atomic E-state index is 13.7. The van der Waals surface area contributed by atoms with Gasteiger partial charge >= 0.3 is 0 Å². The van der Waals surface area contributed by atoms with Crippen molar-refractivity contribution in [3.05, 3.63) is 65.7 Å². The van der Waals surface area contributed by atoms with Crippen LogP contribution in [0, 0.1) is 17.6 Å². The lowest BCUT2D eigenvalue weighted by atomic mass is 10.0. The standard InChI is InChI=1S/C18H18F2N2O2/c1-11(2)16(18(24)21-12-7-4-3-5-8-12)22-17(23)15-13(19)9-6-10-14(15)20/h3-11,16H,1-2H3,(H,21,24)(H,22,23). The van der Waals surface area contributed by atoms with Crippen molar-refractivity contribution >= 4 is 17.5 Å². The van der Waals surface area contributed by atoms with E-state index in [0.717, 1.165) is 12.1 Å². The summed E-state index contributed by atoms with van der Waals surface area (Å²) in [6.07, 6.45) is 0. The van der Waals surface area contributed by atoms with E-state index in [4.69, 9.17) is 0 Å². The normalized spacial score (nSPS) is 11.9. The number of amides is 2. The van der Waals surface area contributed by atoms with Crippen molar-refractivity contribution in [3.63, 3.8) is 0 Å². The van der Waals surface area contributed by atoms with Crippen LogP contribution < -0.4 is 10.6 Å². The molecule has 0 bridgehead atoms. The van der Waals surface area contributed by atoms with E-state index in [0.29, 0.717) is 5.69 Å². The molecule has 0 saturated carbocycles. The minimum atomic E-state index is -0.974. The summed E-state index contributed by atoms with van der Waals surface area (Å²) in [5, 5.41) is 5.07. The van der Waals surface area contributed by atoms with Crippen molar-refractivity contribution in [2.24, 2.45) is 5.92 Å². The summed E-state index contributed by atoms with van der Waals surface area (Å²) < 4.78 is 27.4. The van der Waals surface area contributed by atoms with Gasteiger partial charge in [0.15, 0.2) is 0 Å². The number of rotatable bonds is 5. The van der Waals surface area contributed by atoms with Gasteiger partial charge in [0.1, 0.15) is 23.2 Å². The molecule has 0 saturated heterocycles. The number of benzene rings is 2. The zero-order valence-corrected chi connectivity index (χ0v) is 13.3. The Bertz CT molecular complexity index is 713. The molecule has 1 atom stereocenters. The second-order valence-electron chi connectivity index (χ2n) is 5.65. The Morgan fingerprint density at radius 2 is 1.50 bits per heavy atom. The monoisotopic (exact) mass is 332 g/mol. The van der Waals surface area contributed by atoms with Gasteiger partial charge in [0.05, 0.1) is 0 Å². The van der Waals surface area contributed by atoms with Gasteiger partial charge in [0.25, 0.3) is 5.91 Å². The highest BCUT2D eigenvalue weighted by Crippen LogP contribution is 2.14. The first kappa shape index (κ1) is 17.6. The highest BCUT2D eigenvalue weighted by molar-refractivity contribution is 6.01. The quantitative estimate of drug-likeness (QED) is 0.882. The lowest BCUT2D eigenvalue weighted by Crippen LogP contribution is -2.47. The van der Waals surface area contributed by atoms with E-state index in [9.17, 15) is 18.4 Å². The van der Waals surface area contributed by atoms with E-state index >= 15 is 0 Å². The topological polar surface area (TPSA) is 58.2 Å². The third kappa shape index (κ3) is 4.16. The Morgan fingerprint density at radius 1 is 0.917 bits per heavy atom. The molecule has 0 heterocycles. The van der Waals surface area contributed by atoms with E-state index < -0.39 is 35.1 Å². The Morgan fingerprint density at radius 3 is 2.04 bits per heavy atom. The van der Waals surface area contributed by atoms with Crippen molar-refractivity contribution in [3.8, 4) is 0 Å². The summed E-state index contributed by atoms with van der Waals surface area (Å²) in [5.74, 6) is -3.64. The van der Waals surface area contributed by atoms with E-state index in [-0.39, 0.29) is 5.92 Å². The second kappa shape index (κ2) is 7.68. The molecule has 0 aliphatic rings. The van der Waals surface area contributed by atoms with Crippen LogP contribution in [0.5, 0.6) is 0 Å². The highest BCUT2D eigenvalue weighted by Gasteiger charge is 2.27. The highest BCUT2D eigenvalue weighted by atomic mass is 19.1. The van der Waals surface area contributed by atoms with Crippen molar-refractivity contribution < 1.29 is 18.4 Å². The Balaban J connectivity index is 2.16. The molecule has 126 valence electrons. The average molecular weight is 332 g/mol. The Labute approximate surface area is 138 Å². The third-order valence-electron chi connectivity index (χ3n) is 3.47. The molecule has 0 fully saturated rings. The van der Waals surface area contributed by atoms with E-state index in [2.05, 4.69) is 10.6 Å². The Kier molecular flexibility index (Phi) is 5.63. The molecule has 0 aliphatic heterocycles. The van der Waals surface area contributed by atoms with Gasteiger partial charge in [-0.3, -0.25) is 9.59 Å². The fourth-order valence-corrected chi connectivity index (χ4v) is 2.20. The average Bonchev–Trinajstić information content (AvgIpc) is 2.53. The molecule has 4 nitrogen and oxygen atoms in total. The zero-order valence-electron chi connectivity index (χ0n) is 13.3. The minimum absolute atomic E-state index is 0.271. The van der Waals surface area contributed by atoms with Crippen molar-refractivity contribution in [1.82, 2.24) is 5.32 Å². The van der Waals surface area contributed by atoms with Gasteiger partial charge in [-0.25, -0.2) is 8.78 Å². The van der Waals surface area contributed by atoms with Gasteiger partial charge in [0, 0.05) is 5.69 Å². The maximum absolute atomic E-state index is 13.7. The summed E-state index contributed by atoms with van der Waals surface area (Å²) >= 11 is 0. The summed E-state index contributed by atoms with van der Waals surface area (Å²) in [6, 6.07) is 10.9. The molecule has 2 amide bonds. The molecule has 2 rings (SSSR count). The number of carbonyl (C=O) groups is 2. The Hall–Kier alpha value is -2.76. The number of halogens is 2. The number of hydrogen-bond acceptors (Lipinski definition) is 2. The first-order chi connectivity index (χ1) is 11.4. The van der Waals surface area contributed by atoms with Gasteiger partial charge in [-0.2, -0.15) is 0 Å². The molecule has 0 radical (unpaired) electrons. The number of nitrogens with one attached hydrogen (secondary N) is 2.